The van der Waals surface area contributed by atoms with Crippen LogP contribution >= 0.6 is 15.9 Å². The van der Waals surface area contributed by atoms with E-state index in [-0.39, 0.29) is 0 Å². The van der Waals surface area contributed by atoms with Crippen LogP contribution in [-0.2, 0) is 10.1 Å². The topological polar surface area (TPSA) is 36.3 Å². The second kappa shape index (κ2) is 8.10. The normalized spacial score (nSPS) is 9.94. The zero-order chi connectivity index (χ0) is 12.5. The number of benzene rings is 1. The molecule has 0 heterocycles. The SMILES string of the molecule is COCCN(CCC#N)c1ccc(CBr)cc1. The Morgan fingerprint density at radius 2 is 2.00 bits per heavy atom. The lowest BCUT2D eigenvalue weighted by atomic mass is 10.2. The molecule has 0 amide bonds. The fourth-order valence-corrected chi connectivity index (χ4v) is 1.93. The summed E-state index contributed by atoms with van der Waals surface area (Å²) >= 11 is 3.43. The summed E-state index contributed by atoms with van der Waals surface area (Å²) in [5.74, 6) is 0. The molecule has 0 saturated carbocycles. The molecule has 0 aliphatic rings. The van der Waals surface area contributed by atoms with E-state index in [1.807, 2.05) is 0 Å². The van der Waals surface area contributed by atoms with Crippen molar-refractivity contribution < 1.29 is 4.74 Å². The van der Waals surface area contributed by atoms with E-state index < -0.39 is 0 Å². The Bertz CT molecular complexity index is 359. The monoisotopic (exact) mass is 296 g/mol. The van der Waals surface area contributed by atoms with Crippen molar-refractivity contribution in [2.24, 2.45) is 0 Å². The molecule has 92 valence electrons. The van der Waals surface area contributed by atoms with Crippen LogP contribution in [0.3, 0.4) is 0 Å². The molecule has 0 aliphatic heterocycles. The fraction of sp³-hybridized carbons (Fsp3) is 0.462. The Hall–Kier alpha value is -1.05. The predicted octanol–water partition coefficient (Wildman–Crippen LogP) is 2.95. The first-order chi connectivity index (χ1) is 8.31. The lowest BCUT2D eigenvalue weighted by Gasteiger charge is -2.23. The molecule has 4 heteroatoms. The van der Waals surface area contributed by atoms with Crippen LogP contribution in [0.1, 0.15) is 12.0 Å². The van der Waals surface area contributed by atoms with Crippen LogP contribution in [0.2, 0.25) is 0 Å². The minimum atomic E-state index is 0.532. The number of halogens is 1. The van der Waals surface area contributed by atoms with E-state index in [1.165, 1.54) is 5.56 Å². The van der Waals surface area contributed by atoms with Gasteiger partial charge in [0, 0.05) is 31.2 Å². The van der Waals surface area contributed by atoms with Crippen molar-refractivity contribution in [3.8, 4) is 6.07 Å². The standard InChI is InChI=1S/C13H17BrN2O/c1-17-10-9-16(8-2-7-15)13-5-3-12(11-14)4-6-13/h3-6H,2,8-11H2,1H3. The first-order valence-corrected chi connectivity index (χ1v) is 6.69. The summed E-state index contributed by atoms with van der Waals surface area (Å²) in [5, 5.41) is 9.52. The maximum atomic E-state index is 8.66. The number of alkyl halides is 1. The molecular formula is C13H17BrN2O. The van der Waals surface area contributed by atoms with Crippen molar-refractivity contribution in [2.45, 2.75) is 11.8 Å². The fourth-order valence-electron chi connectivity index (χ4n) is 1.55. The highest BCUT2D eigenvalue weighted by Crippen LogP contribution is 2.16. The van der Waals surface area contributed by atoms with Crippen molar-refractivity contribution in [3.05, 3.63) is 29.8 Å². The minimum absolute atomic E-state index is 0.532. The highest BCUT2D eigenvalue weighted by molar-refractivity contribution is 9.08. The van der Waals surface area contributed by atoms with Crippen molar-refractivity contribution in [3.63, 3.8) is 0 Å². The summed E-state index contributed by atoms with van der Waals surface area (Å²) in [6.07, 6.45) is 0.532. The molecule has 0 atom stereocenters. The van der Waals surface area contributed by atoms with Crippen LogP contribution < -0.4 is 4.90 Å². The van der Waals surface area contributed by atoms with Gasteiger partial charge in [-0.1, -0.05) is 28.1 Å². The van der Waals surface area contributed by atoms with Crippen molar-refractivity contribution >= 4 is 21.6 Å². The van der Waals surface area contributed by atoms with Gasteiger partial charge < -0.3 is 9.64 Å². The third-order valence-electron chi connectivity index (χ3n) is 2.51. The molecule has 0 fully saturated rings. The van der Waals surface area contributed by atoms with E-state index in [0.717, 1.165) is 24.1 Å². The number of nitrogens with zero attached hydrogens (tertiary/aromatic N) is 2. The van der Waals surface area contributed by atoms with Gasteiger partial charge in [0.2, 0.25) is 0 Å². The zero-order valence-electron chi connectivity index (χ0n) is 10.0. The van der Waals surface area contributed by atoms with Gasteiger partial charge in [-0.05, 0) is 17.7 Å². The van der Waals surface area contributed by atoms with Gasteiger partial charge in [0.25, 0.3) is 0 Å². The third-order valence-corrected chi connectivity index (χ3v) is 3.16. The van der Waals surface area contributed by atoms with Crippen LogP contribution in [0.5, 0.6) is 0 Å². The van der Waals surface area contributed by atoms with Crippen LogP contribution in [0.25, 0.3) is 0 Å². The number of ether oxygens (including phenoxy) is 1. The molecule has 1 aromatic carbocycles. The molecule has 1 aromatic rings. The number of nitriles is 1. The molecule has 0 N–H and O–H groups in total. The van der Waals surface area contributed by atoms with Crippen molar-refractivity contribution in [2.75, 3.05) is 31.7 Å². The number of hydrogen-bond acceptors (Lipinski definition) is 3. The number of hydrogen-bond donors (Lipinski definition) is 0. The molecule has 0 unspecified atom stereocenters. The molecule has 0 saturated heterocycles. The van der Waals surface area contributed by atoms with Crippen LogP contribution in [0.15, 0.2) is 24.3 Å². The van der Waals surface area contributed by atoms with Crippen molar-refractivity contribution in [1.82, 2.24) is 0 Å². The van der Waals surface area contributed by atoms with E-state index in [0.29, 0.717) is 13.0 Å². The third kappa shape index (κ3) is 4.76. The summed E-state index contributed by atoms with van der Waals surface area (Å²) < 4.78 is 5.09. The summed E-state index contributed by atoms with van der Waals surface area (Å²) in [5.41, 5.74) is 2.39. The second-order valence-corrected chi connectivity index (χ2v) is 4.25. The lowest BCUT2D eigenvalue weighted by molar-refractivity contribution is 0.205. The second-order valence-electron chi connectivity index (χ2n) is 3.69. The minimum Gasteiger partial charge on any atom is -0.383 e. The molecule has 0 spiro atoms. The van der Waals surface area contributed by atoms with Crippen LogP contribution in [0.4, 0.5) is 5.69 Å². The van der Waals surface area contributed by atoms with Gasteiger partial charge in [0.1, 0.15) is 0 Å². The Morgan fingerprint density at radius 3 is 2.53 bits per heavy atom. The molecule has 3 nitrogen and oxygen atoms in total. The van der Waals surface area contributed by atoms with Gasteiger partial charge in [-0.15, -0.1) is 0 Å². The van der Waals surface area contributed by atoms with Crippen LogP contribution in [0, 0.1) is 11.3 Å². The number of methoxy groups -OCH3 is 1. The first-order valence-electron chi connectivity index (χ1n) is 5.57. The predicted molar refractivity (Wildman–Crippen MR) is 73.4 cm³/mol. The van der Waals surface area contributed by atoms with Gasteiger partial charge in [-0.3, -0.25) is 0 Å². The zero-order valence-corrected chi connectivity index (χ0v) is 11.6. The summed E-state index contributed by atoms with van der Waals surface area (Å²) in [7, 11) is 1.69. The number of anilines is 1. The Labute approximate surface area is 111 Å². The largest absolute Gasteiger partial charge is 0.383 e. The summed E-state index contributed by atoms with van der Waals surface area (Å²) in [4.78, 5) is 2.17. The highest BCUT2D eigenvalue weighted by Gasteiger charge is 2.05. The maximum absolute atomic E-state index is 8.66. The van der Waals surface area contributed by atoms with Gasteiger partial charge >= 0.3 is 0 Å². The molecule has 0 aromatic heterocycles. The smallest absolute Gasteiger partial charge is 0.0640 e. The van der Waals surface area contributed by atoms with Gasteiger partial charge in [0.15, 0.2) is 0 Å². The van der Waals surface area contributed by atoms with Gasteiger partial charge in [-0.25, -0.2) is 0 Å². The van der Waals surface area contributed by atoms with E-state index in [1.54, 1.807) is 7.11 Å². The van der Waals surface area contributed by atoms with E-state index >= 15 is 0 Å². The van der Waals surface area contributed by atoms with Gasteiger partial charge in [-0.2, -0.15) is 5.26 Å². The number of rotatable bonds is 7. The van der Waals surface area contributed by atoms with E-state index in [9.17, 15) is 0 Å². The molecule has 1 rings (SSSR count). The highest BCUT2D eigenvalue weighted by atomic mass is 79.9. The molecule has 0 radical (unpaired) electrons. The maximum Gasteiger partial charge on any atom is 0.0640 e. The Balaban J connectivity index is 2.69. The molecule has 0 bridgehead atoms. The van der Waals surface area contributed by atoms with E-state index in [4.69, 9.17) is 10.00 Å². The first kappa shape index (κ1) is 14.0. The molecular weight excluding hydrogens is 280 g/mol. The van der Waals surface area contributed by atoms with Gasteiger partial charge in [0.05, 0.1) is 19.1 Å². The quantitative estimate of drug-likeness (QED) is 0.726. The average Bonchev–Trinajstić information content (AvgIpc) is 2.39. The molecule has 0 aliphatic carbocycles. The average molecular weight is 297 g/mol. The van der Waals surface area contributed by atoms with E-state index in [2.05, 4.69) is 51.2 Å². The summed E-state index contributed by atoms with van der Waals surface area (Å²) in [6, 6.07) is 10.5. The van der Waals surface area contributed by atoms with Crippen molar-refractivity contribution in [1.29, 1.82) is 5.26 Å². The Kier molecular flexibility index (Phi) is 6.68. The molecule has 17 heavy (non-hydrogen) atoms. The van der Waals surface area contributed by atoms with Crippen LogP contribution in [-0.4, -0.2) is 26.8 Å². The Morgan fingerprint density at radius 1 is 1.29 bits per heavy atom. The lowest BCUT2D eigenvalue weighted by Crippen LogP contribution is -2.28. The summed E-state index contributed by atoms with van der Waals surface area (Å²) in [6.45, 7) is 2.23.